The van der Waals surface area contributed by atoms with Crippen LogP contribution in [-0.4, -0.2) is 14.8 Å². The van der Waals surface area contributed by atoms with E-state index in [0.29, 0.717) is 5.25 Å². The average molecular weight is 377 g/mol. The lowest BCUT2D eigenvalue weighted by molar-refractivity contribution is 0.646. The van der Waals surface area contributed by atoms with Gasteiger partial charge >= 0.3 is 0 Å². The topological polar surface area (TPSA) is 17.8 Å². The smallest absolute Gasteiger partial charge is 0.0946 e. The van der Waals surface area contributed by atoms with Gasteiger partial charge in [0, 0.05) is 34.1 Å². The van der Waals surface area contributed by atoms with Crippen LogP contribution in [0.5, 0.6) is 0 Å². The first kappa shape index (κ1) is 17.4. The molecule has 0 amide bonds. The van der Waals surface area contributed by atoms with Gasteiger partial charge in [-0.15, -0.1) is 11.8 Å². The fourth-order valence-corrected chi connectivity index (χ4v) is 4.00. The van der Waals surface area contributed by atoms with Crippen molar-refractivity contribution < 1.29 is 0 Å². The van der Waals surface area contributed by atoms with E-state index in [1.165, 1.54) is 0 Å². The molecule has 1 aromatic heterocycles. The predicted molar refractivity (Wildman–Crippen MR) is 104 cm³/mol. The lowest BCUT2D eigenvalue weighted by Gasteiger charge is -2.17. The van der Waals surface area contributed by atoms with Gasteiger partial charge in [0.2, 0.25) is 0 Å². The van der Waals surface area contributed by atoms with Gasteiger partial charge in [0.25, 0.3) is 0 Å². The molecule has 0 spiro atoms. The Morgan fingerprint density at radius 3 is 2.50 bits per heavy atom. The lowest BCUT2D eigenvalue weighted by Crippen LogP contribution is -2.10. The Hall–Kier alpha value is -1.42. The minimum Gasteiger partial charge on any atom is -0.336 e. The number of hydrogen-bond acceptors (Lipinski definition) is 2. The summed E-state index contributed by atoms with van der Waals surface area (Å²) in [6.45, 7) is 3.12. The number of thioether (sulfide) groups is 1. The van der Waals surface area contributed by atoms with Crippen molar-refractivity contribution in [3.8, 4) is 11.1 Å². The third-order valence-electron chi connectivity index (χ3n) is 3.83. The van der Waals surface area contributed by atoms with Crippen LogP contribution in [0.25, 0.3) is 11.1 Å². The van der Waals surface area contributed by atoms with Crippen molar-refractivity contribution in [3.63, 3.8) is 0 Å². The van der Waals surface area contributed by atoms with Crippen LogP contribution in [0.15, 0.2) is 66.1 Å². The Kier molecular flexibility index (Phi) is 5.88. The van der Waals surface area contributed by atoms with Crippen LogP contribution in [0.3, 0.4) is 0 Å². The number of nitrogens with zero attached hydrogens (tertiary/aromatic N) is 2. The monoisotopic (exact) mass is 376 g/mol. The van der Waals surface area contributed by atoms with Gasteiger partial charge < -0.3 is 4.57 Å². The molecule has 0 radical (unpaired) electrons. The average Bonchev–Trinajstić information content (AvgIpc) is 3.10. The molecular weight excluding hydrogens is 359 g/mol. The minimum atomic E-state index is 0.442. The molecule has 0 bridgehead atoms. The maximum absolute atomic E-state index is 6.43. The third-order valence-corrected chi connectivity index (χ3v) is 5.93. The van der Waals surface area contributed by atoms with Crippen molar-refractivity contribution in [1.29, 1.82) is 0 Å². The summed E-state index contributed by atoms with van der Waals surface area (Å²) < 4.78 is 2.11. The summed E-state index contributed by atoms with van der Waals surface area (Å²) in [5.41, 5.74) is 2.29. The highest BCUT2D eigenvalue weighted by molar-refractivity contribution is 8.00. The first-order valence-corrected chi connectivity index (χ1v) is 9.47. The second-order valence-electron chi connectivity index (χ2n) is 5.56. The van der Waals surface area contributed by atoms with Gasteiger partial charge in [0.15, 0.2) is 0 Å². The molecule has 3 aromatic rings. The first-order chi connectivity index (χ1) is 11.7. The van der Waals surface area contributed by atoms with Gasteiger partial charge in [-0.05, 0) is 41.8 Å². The van der Waals surface area contributed by atoms with Crippen molar-refractivity contribution in [2.24, 2.45) is 0 Å². The van der Waals surface area contributed by atoms with Crippen molar-refractivity contribution in [2.75, 3.05) is 0 Å². The molecular formula is C19H18Cl2N2S. The van der Waals surface area contributed by atoms with Crippen molar-refractivity contribution >= 4 is 35.0 Å². The summed E-state index contributed by atoms with van der Waals surface area (Å²) in [6, 6.07) is 14.1. The fraction of sp³-hybridized carbons (Fsp3) is 0.211. The molecule has 1 unspecified atom stereocenters. The summed E-state index contributed by atoms with van der Waals surface area (Å²) in [7, 11) is 0. The van der Waals surface area contributed by atoms with Crippen LogP contribution in [0.2, 0.25) is 10.0 Å². The van der Waals surface area contributed by atoms with Crippen molar-refractivity contribution in [3.05, 3.63) is 71.2 Å². The van der Waals surface area contributed by atoms with E-state index in [1.54, 1.807) is 0 Å². The molecule has 0 N–H and O–H groups in total. The Morgan fingerprint density at radius 1 is 1.08 bits per heavy atom. The first-order valence-electron chi connectivity index (χ1n) is 7.83. The van der Waals surface area contributed by atoms with Crippen LogP contribution < -0.4 is 0 Å². The molecule has 0 aliphatic rings. The number of halogens is 2. The molecule has 124 valence electrons. The summed E-state index contributed by atoms with van der Waals surface area (Å²) in [6.07, 6.45) is 6.72. The van der Waals surface area contributed by atoms with Crippen molar-refractivity contribution in [1.82, 2.24) is 9.55 Å². The largest absolute Gasteiger partial charge is 0.336 e. The van der Waals surface area contributed by atoms with E-state index in [0.717, 1.165) is 39.0 Å². The molecule has 2 aromatic carbocycles. The summed E-state index contributed by atoms with van der Waals surface area (Å²) in [4.78, 5) is 5.22. The highest BCUT2D eigenvalue weighted by Crippen LogP contribution is 2.36. The predicted octanol–water partition coefficient (Wildman–Crippen LogP) is 6.43. The van der Waals surface area contributed by atoms with Crippen LogP contribution in [0.4, 0.5) is 0 Å². The van der Waals surface area contributed by atoms with Gasteiger partial charge in [-0.25, -0.2) is 4.98 Å². The molecule has 2 nitrogen and oxygen atoms in total. The zero-order chi connectivity index (χ0) is 16.9. The Bertz CT molecular complexity index is 786. The van der Waals surface area contributed by atoms with Crippen LogP contribution >= 0.6 is 35.0 Å². The van der Waals surface area contributed by atoms with Crippen LogP contribution in [0.1, 0.15) is 13.3 Å². The van der Waals surface area contributed by atoms with E-state index in [1.807, 2.05) is 66.9 Å². The quantitative estimate of drug-likeness (QED) is 0.461. The molecule has 0 aliphatic carbocycles. The Morgan fingerprint density at radius 2 is 1.83 bits per heavy atom. The molecule has 5 heteroatoms. The van der Waals surface area contributed by atoms with Crippen molar-refractivity contribution in [2.45, 2.75) is 30.0 Å². The van der Waals surface area contributed by atoms with Gasteiger partial charge in [0.05, 0.1) is 11.3 Å². The zero-order valence-electron chi connectivity index (χ0n) is 13.3. The Balaban J connectivity index is 1.81. The third kappa shape index (κ3) is 4.35. The van der Waals surface area contributed by atoms with E-state index in [-0.39, 0.29) is 0 Å². The SMILES string of the molecule is CCC(Cn1ccnc1)Sc1cc(-c2ccc(Cl)cc2)ccc1Cl. The van der Waals surface area contributed by atoms with Gasteiger partial charge in [-0.1, -0.05) is 48.3 Å². The van der Waals surface area contributed by atoms with Gasteiger partial charge in [-0.2, -0.15) is 0 Å². The van der Waals surface area contributed by atoms with E-state index in [2.05, 4.69) is 22.5 Å². The molecule has 0 saturated heterocycles. The summed E-state index contributed by atoms with van der Waals surface area (Å²) in [5, 5.41) is 1.98. The number of imidazole rings is 1. The molecule has 3 rings (SSSR count). The maximum Gasteiger partial charge on any atom is 0.0946 e. The molecule has 1 heterocycles. The zero-order valence-corrected chi connectivity index (χ0v) is 15.7. The lowest BCUT2D eigenvalue weighted by atomic mass is 10.1. The van der Waals surface area contributed by atoms with E-state index >= 15 is 0 Å². The standard InChI is InChI=1S/C19H18Cl2N2S/c1-2-17(12-23-10-9-22-13-23)24-19-11-15(5-8-18(19)21)14-3-6-16(20)7-4-14/h3-11,13,17H,2,12H2,1H3. The van der Waals surface area contributed by atoms with Gasteiger partial charge in [0.1, 0.15) is 0 Å². The number of benzene rings is 2. The van der Waals surface area contributed by atoms with Gasteiger partial charge in [-0.3, -0.25) is 0 Å². The number of aromatic nitrogens is 2. The minimum absolute atomic E-state index is 0.442. The molecule has 0 fully saturated rings. The van der Waals surface area contributed by atoms with Crippen LogP contribution in [0, 0.1) is 0 Å². The van der Waals surface area contributed by atoms with E-state index in [4.69, 9.17) is 23.2 Å². The molecule has 1 atom stereocenters. The Labute approximate surface area is 156 Å². The maximum atomic E-state index is 6.43. The van der Waals surface area contributed by atoms with E-state index in [9.17, 15) is 0 Å². The number of rotatable bonds is 6. The molecule has 0 aliphatic heterocycles. The number of hydrogen-bond donors (Lipinski definition) is 0. The molecule has 24 heavy (non-hydrogen) atoms. The van der Waals surface area contributed by atoms with Crippen LogP contribution in [-0.2, 0) is 6.54 Å². The summed E-state index contributed by atoms with van der Waals surface area (Å²) in [5.74, 6) is 0. The highest BCUT2D eigenvalue weighted by atomic mass is 35.5. The highest BCUT2D eigenvalue weighted by Gasteiger charge is 2.13. The van der Waals surface area contributed by atoms with E-state index < -0.39 is 0 Å². The second kappa shape index (κ2) is 8.11. The fourth-order valence-electron chi connectivity index (χ4n) is 2.47. The molecule has 0 saturated carbocycles. The summed E-state index contributed by atoms with van der Waals surface area (Å²) >= 11 is 14.2. The second-order valence-corrected chi connectivity index (χ2v) is 7.75. The normalized spacial score (nSPS) is 12.3.